The van der Waals surface area contributed by atoms with E-state index in [4.69, 9.17) is 4.74 Å². The topological polar surface area (TPSA) is 55.4 Å². The van der Waals surface area contributed by atoms with Gasteiger partial charge in [0.1, 0.15) is 5.75 Å². The van der Waals surface area contributed by atoms with Crippen LogP contribution in [-0.4, -0.2) is 21.3 Å². The zero-order valence-corrected chi connectivity index (χ0v) is 10.5. The normalized spacial score (nSPS) is 13.4. The van der Waals surface area contributed by atoms with Crippen molar-refractivity contribution in [3.05, 3.63) is 29.8 Å². The van der Waals surface area contributed by atoms with E-state index in [0.29, 0.717) is 6.61 Å². The predicted octanol–water partition coefficient (Wildman–Crippen LogP) is 1.70. The number of rotatable bonds is 5. The van der Waals surface area contributed by atoms with Crippen LogP contribution in [0.2, 0.25) is 0 Å². The summed E-state index contributed by atoms with van der Waals surface area (Å²) in [7, 11) is -3.17. The lowest BCUT2D eigenvalue weighted by molar-refractivity contribution is 0.340. The fraction of sp³-hybridized carbons (Fsp3) is 0.455. The summed E-state index contributed by atoms with van der Waals surface area (Å²) in [6.45, 7) is 4.34. The van der Waals surface area contributed by atoms with E-state index in [2.05, 4.69) is 4.72 Å². The van der Waals surface area contributed by atoms with Gasteiger partial charge in [-0.1, -0.05) is 12.1 Å². The Hall–Kier alpha value is -1.07. The van der Waals surface area contributed by atoms with E-state index < -0.39 is 10.0 Å². The molecule has 16 heavy (non-hydrogen) atoms. The van der Waals surface area contributed by atoms with Crippen molar-refractivity contribution in [2.45, 2.75) is 19.9 Å². The van der Waals surface area contributed by atoms with Gasteiger partial charge in [0.15, 0.2) is 0 Å². The van der Waals surface area contributed by atoms with Crippen LogP contribution in [-0.2, 0) is 10.0 Å². The third-order valence-corrected chi connectivity index (χ3v) is 2.86. The monoisotopic (exact) mass is 243 g/mol. The van der Waals surface area contributed by atoms with E-state index in [1.807, 2.05) is 31.2 Å². The summed E-state index contributed by atoms with van der Waals surface area (Å²) in [5.74, 6) is 0.790. The summed E-state index contributed by atoms with van der Waals surface area (Å²) in [4.78, 5) is 0. The molecule has 0 unspecified atom stereocenters. The number of hydrogen-bond acceptors (Lipinski definition) is 3. The van der Waals surface area contributed by atoms with Gasteiger partial charge < -0.3 is 4.74 Å². The molecule has 4 nitrogen and oxygen atoms in total. The van der Waals surface area contributed by atoms with Gasteiger partial charge in [-0.25, -0.2) is 13.1 Å². The molecule has 0 amide bonds. The van der Waals surface area contributed by atoms with Gasteiger partial charge >= 0.3 is 0 Å². The Labute approximate surface area is 96.7 Å². The van der Waals surface area contributed by atoms with E-state index in [9.17, 15) is 8.42 Å². The maximum atomic E-state index is 11.0. The van der Waals surface area contributed by atoms with Gasteiger partial charge in [-0.2, -0.15) is 0 Å². The van der Waals surface area contributed by atoms with Crippen molar-refractivity contribution in [2.75, 3.05) is 12.9 Å². The molecule has 0 fully saturated rings. The second-order valence-electron chi connectivity index (χ2n) is 3.61. The minimum absolute atomic E-state index is 0.231. The maximum Gasteiger partial charge on any atom is 0.209 e. The van der Waals surface area contributed by atoms with Gasteiger partial charge in [0.25, 0.3) is 0 Å². The highest BCUT2D eigenvalue weighted by molar-refractivity contribution is 7.88. The number of nitrogens with one attached hydrogen (secondary N) is 1. The van der Waals surface area contributed by atoms with Gasteiger partial charge in [-0.05, 0) is 31.5 Å². The molecular weight excluding hydrogens is 226 g/mol. The summed E-state index contributed by atoms with van der Waals surface area (Å²) in [5.41, 5.74) is 0.911. The van der Waals surface area contributed by atoms with Crippen LogP contribution in [0.5, 0.6) is 5.75 Å². The molecule has 0 saturated heterocycles. The smallest absolute Gasteiger partial charge is 0.209 e. The average molecular weight is 243 g/mol. The van der Waals surface area contributed by atoms with Crippen molar-refractivity contribution in [1.29, 1.82) is 0 Å². The van der Waals surface area contributed by atoms with Crippen molar-refractivity contribution in [2.24, 2.45) is 0 Å². The highest BCUT2D eigenvalue weighted by Crippen LogP contribution is 2.17. The van der Waals surface area contributed by atoms with E-state index in [1.165, 1.54) is 0 Å². The van der Waals surface area contributed by atoms with Crippen LogP contribution in [0.3, 0.4) is 0 Å². The van der Waals surface area contributed by atoms with Crippen molar-refractivity contribution in [1.82, 2.24) is 4.72 Å². The Bertz CT molecular complexity index is 425. The predicted molar refractivity (Wildman–Crippen MR) is 64.0 cm³/mol. The van der Waals surface area contributed by atoms with Crippen molar-refractivity contribution in [3.8, 4) is 5.75 Å². The summed E-state index contributed by atoms with van der Waals surface area (Å²) in [6.07, 6.45) is 1.15. The Balaban J connectivity index is 2.74. The Morgan fingerprint density at radius 1 is 1.31 bits per heavy atom. The lowest BCUT2D eigenvalue weighted by Crippen LogP contribution is -2.25. The van der Waals surface area contributed by atoms with E-state index in [-0.39, 0.29) is 6.04 Å². The van der Waals surface area contributed by atoms with E-state index >= 15 is 0 Å². The number of ether oxygens (including phenoxy) is 1. The molecule has 0 spiro atoms. The highest BCUT2D eigenvalue weighted by atomic mass is 32.2. The third-order valence-electron chi connectivity index (χ3n) is 2.08. The van der Waals surface area contributed by atoms with Gasteiger partial charge in [0, 0.05) is 6.04 Å². The first-order chi connectivity index (χ1) is 7.42. The van der Waals surface area contributed by atoms with Gasteiger partial charge in [0.05, 0.1) is 12.9 Å². The molecule has 0 saturated carbocycles. The standard InChI is InChI=1S/C11H17NO3S/c1-4-15-11-7-5-10(6-8-11)9(2)12-16(3,13)14/h5-9,12H,4H2,1-3H3/t9-/m1/s1. The first kappa shape index (κ1) is 13.0. The van der Waals surface area contributed by atoms with Crippen molar-refractivity contribution < 1.29 is 13.2 Å². The zero-order chi connectivity index (χ0) is 12.2. The number of sulfonamides is 1. The minimum Gasteiger partial charge on any atom is -0.494 e. The molecule has 1 rings (SSSR count). The quantitative estimate of drug-likeness (QED) is 0.856. The lowest BCUT2D eigenvalue weighted by Gasteiger charge is -2.13. The second-order valence-corrected chi connectivity index (χ2v) is 5.39. The molecule has 0 heterocycles. The number of benzene rings is 1. The first-order valence-electron chi connectivity index (χ1n) is 5.12. The largest absolute Gasteiger partial charge is 0.494 e. The summed E-state index contributed by atoms with van der Waals surface area (Å²) in [5, 5.41) is 0. The van der Waals surface area contributed by atoms with Crippen LogP contribution in [0.15, 0.2) is 24.3 Å². The van der Waals surface area contributed by atoms with Gasteiger partial charge in [-0.3, -0.25) is 0 Å². The lowest BCUT2D eigenvalue weighted by atomic mass is 10.1. The molecule has 1 aromatic carbocycles. The molecule has 0 aliphatic rings. The van der Waals surface area contributed by atoms with Crippen LogP contribution in [0.1, 0.15) is 25.5 Å². The van der Waals surface area contributed by atoms with Crippen LogP contribution in [0.4, 0.5) is 0 Å². The maximum absolute atomic E-state index is 11.0. The molecule has 1 atom stereocenters. The molecule has 0 aliphatic heterocycles. The first-order valence-corrected chi connectivity index (χ1v) is 7.01. The van der Waals surface area contributed by atoms with Gasteiger partial charge in [0.2, 0.25) is 10.0 Å². The van der Waals surface area contributed by atoms with E-state index in [1.54, 1.807) is 6.92 Å². The molecule has 0 radical (unpaired) electrons. The van der Waals surface area contributed by atoms with Crippen LogP contribution in [0.25, 0.3) is 0 Å². The molecule has 1 aromatic rings. The fourth-order valence-corrected chi connectivity index (χ4v) is 2.19. The number of hydrogen-bond donors (Lipinski definition) is 1. The Morgan fingerprint density at radius 2 is 1.88 bits per heavy atom. The molecule has 90 valence electrons. The second kappa shape index (κ2) is 5.32. The SMILES string of the molecule is CCOc1ccc([C@@H](C)NS(C)(=O)=O)cc1. The molecule has 0 aromatic heterocycles. The fourth-order valence-electron chi connectivity index (χ4n) is 1.41. The summed E-state index contributed by atoms with van der Waals surface area (Å²) in [6, 6.07) is 7.14. The third kappa shape index (κ3) is 4.20. The zero-order valence-electron chi connectivity index (χ0n) is 9.73. The van der Waals surface area contributed by atoms with Crippen LogP contribution >= 0.6 is 0 Å². The van der Waals surface area contributed by atoms with Gasteiger partial charge in [-0.15, -0.1) is 0 Å². The van der Waals surface area contributed by atoms with Crippen LogP contribution < -0.4 is 9.46 Å². The molecule has 0 bridgehead atoms. The summed E-state index contributed by atoms with van der Waals surface area (Å²) < 4.78 is 29.9. The Morgan fingerprint density at radius 3 is 2.31 bits per heavy atom. The van der Waals surface area contributed by atoms with Crippen molar-refractivity contribution in [3.63, 3.8) is 0 Å². The Kier molecular flexibility index (Phi) is 4.32. The molecule has 5 heteroatoms. The summed E-state index contributed by atoms with van der Waals surface area (Å²) >= 11 is 0. The average Bonchev–Trinajstić information content (AvgIpc) is 2.16. The molecular formula is C11H17NO3S. The van der Waals surface area contributed by atoms with Crippen molar-refractivity contribution >= 4 is 10.0 Å². The molecule has 1 N–H and O–H groups in total. The highest BCUT2D eigenvalue weighted by Gasteiger charge is 2.10. The molecule has 0 aliphatic carbocycles. The van der Waals surface area contributed by atoms with E-state index in [0.717, 1.165) is 17.6 Å². The minimum atomic E-state index is -3.17. The van der Waals surface area contributed by atoms with Crippen LogP contribution in [0, 0.1) is 0 Å².